The van der Waals surface area contributed by atoms with E-state index in [1.165, 1.54) is 6.92 Å². The van der Waals surface area contributed by atoms with Gasteiger partial charge in [0.1, 0.15) is 0 Å². The third-order valence-corrected chi connectivity index (χ3v) is 3.90. The van der Waals surface area contributed by atoms with Crippen LogP contribution in [0.5, 0.6) is 0 Å². The molecule has 0 saturated carbocycles. The van der Waals surface area contributed by atoms with Crippen LogP contribution < -0.4 is 0 Å². The van der Waals surface area contributed by atoms with Gasteiger partial charge in [-0.05, 0) is 43.1 Å². The number of alkyl halides is 2. The molecular formula is C16H30F2. The van der Waals surface area contributed by atoms with Crippen LogP contribution in [0.15, 0.2) is 12.2 Å². The Kier molecular flexibility index (Phi) is 5.58. The van der Waals surface area contributed by atoms with Gasteiger partial charge in [0.15, 0.2) is 0 Å². The highest BCUT2D eigenvalue weighted by Crippen LogP contribution is 2.51. The second-order valence-corrected chi connectivity index (χ2v) is 7.21. The van der Waals surface area contributed by atoms with Gasteiger partial charge in [-0.3, -0.25) is 0 Å². The maximum Gasteiger partial charge on any atom is 0.274 e. The molecule has 0 aromatic rings. The van der Waals surface area contributed by atoms with Gasteiger partial charge in [0.2, 0.25) is 0 Å². The molecule has 1 atom stereocenters. The van der Waals surface area contributed by atoms with Crippen molar-refractivity contribution in [3.05, 3.63) is 12.2 Å². The van der Waals surface area contributed by atoms with Crippen LogP contribution in [0, 0.1) is 16.7 Å². The van der Waals surface area contributed by atoms with Gasteiger partial charge in [0.05, 0.1) is 0 Å². The van der Waals surface area contributed by atoms with Crippen molar-refractivity contribution < 1.29 is 8.78 Å². The van der Waals surface area contributed by atoms with E-state index in [9.17, 15) is 8.78 Å². The van der Waals surface area contributed by atoms with E-state index in [2.05, 4.69) is 34.3 Å². The predicted octanol–water partition coefficient (Wildman–Crippen LogP) is 6.08. The molecule has 2 heteroatoms. The first-order valence-electron chi connectivity index (χ1n) is 6.92. The van der Waals surface area contributed by atoms with Gasteiger partial charge in [-0.15, -0.1) is 0 Å². The van der Waals surface area contributed by atoms with Gasteiger partial charge in [-0.25, -0.2) is 8.78 Å². The van der Waals surface area contributed by atoms with Gasteiger partial charge in [0, 0.05) is 5.41 Å². The summed E-state index contributed by atoms with van der Waals surface area (Å²) in [5.74, 6) is -2.27. The minimum Gasteiger partial charge on any atom is -0.201 e. The number of hydrogen-bond donors (Lipinski definition) is 0. The van der Waals surface area contributed by atoms with Crippen LogP contribution in [0.3, 0.4) is 0 Å². The van der Waals surface area contributed by atoms with E-state index >= 15 is 0 Å². The molecular weight excluding hydrogens is 230 g/mol. The summed E-state index contributed by atoms with van der Waals surface area (Å²) < 4.78 is 28.7. The van der Waals surface area contributed by atoms with E-state index in [0.717, 1.165) is 6.42 Å². The highest BCUT2D eigenvalue weighted by Gasteiger charge is 2.51. The monoisotopic (exact) mass is 260 g/mol. The maximum atomic E-state index is 14.4. The third-order valence-electron chi connectivity index (χ3n) is 3.90. The van der Waals surface area contributed by atoms with Crippen LogP contribution in [-0.2, 0) is 0 Å². The fraction of sp³-hybridized carbons (Fsp3) is 0.875. The summed E-state index contributed by atoms with van der Waals surface area (Å²) in [7, 11) is 0. The molecule has 108 valence electrons. The van der Waals surface area contributed by atoms with Gasteiger partial charge >= 0.3 is 0 Å². The normalized spacial score (nSPS) is 16.8. The van der Waals surface area contributed by atoms with Crippen LogP contribution >= 0.6 is 0 Å². The lowest BCUT2D eigenvalue weighted by Crippen LogP contribution is -2.42. The molecule has 0 aromatic heterocycles. The molecule has 0 aromatic carbocycles. The van der Waals surface area contributed by atoms with E-state index < -0.39 is 11.3 Å². The van der Waals surface area contributed by atoms with Gasteiger partial charge in [-0.2, -0.15) is 0 Å². The van der Waals surface area contributed by atoms with Crippen molar-refractivity contribution >= 4 is 0 Å². The number of hydrogen-bond acceptors (Lipinski definition) is 0. The minimum absolute atomic E-state index is 0.0211. The van der Waals surface area contributed by atoms with Crippen molar-refractivity contribution in [2.45, 2.75) is 73.7 Å². The first kappa shape index (κ1) is 17.6. The lowest BCUT2D eigenvalue weighted by atomic mass is 9.65. The van der Waals surface area contributed by atoms with E-state index in [1.54, 1.807) is 6.92 Å². The Hall–Kier alpha value is -0.400. The fourth-order valence-electron chi connectivity index (χ4n) is 3.21. The predicted molar refractivity (Wildman–Crippen MR) is 76.0 cm³/mol. The van der Waals surface area contributed by atoms with Crippen molar-refractivity contribution in [1.29, 1.82) is 0 Å². The fourth-order valence-corrected chi connectivity index (χ4v) is 3.21. The van der Waals surface area contributed by atoms with Crippen LogP contribution in [0.25, 0.3) is 0 Å². The highest BCUT2D eigenvalue weighted by atomic mass is 19.3. The Labute approximate surface area is 112 Å². The largest absolute Gasteiger partial charge is 0.274 e. The second kappa shape index (κ2) is 5.71. The Morgan fingerprint density at radius 1 is 1.17 bits per heavy atom. The molecule has 0 heterocycles. The Balaban J connectivity index is 5.15. The summed E-state index contributed by atoms with van der Waals surface area (Å²) in [6.07, 6.45) is 1.96. The Morgan fingerprint density at radius 3 is 1.89 bits per heavy atom. The molecule has 0 fully saturated rings. The first-order chi connectivity index (χ1) is 7.88. The van der Waals surface area contributed by atoms with Crippen molar-refractivity contribution in [3.63, 3.8) is 0 Å². The second-order valence-electron chi connectivity index (χ2n) is 7.21. The van der Waals surface area contributed by atoms with Crippen molar-refractivity contribution in [1.82, 2.24) is 0 Å². The van der Waals surface area contributed by atoms with Gasteiger partial charge < -0.3 is 0 Å². The smallest absolute Gasteiger partial charge is 0.201 e. The topological polar surface area (TPSA) is 0 Å². The van der Waals surface area contributed by atoms with E-state index in [-0.39, 0.29) is 11.0 Å². The molecule has 0 saturated heterocycles. The van der Waals surface area contributed by atoms with Crippen LogP contribution in [-0.4, -0.2) is 5.92 Å². The number of halogens is 2. The molecule has 0 bridgehead atoms. The summed E-state index contributed by atoms with van der Waals surface area (Å²) in [6.45, 7) is 16.9. The minimum atomic E-state index is -2.80. The third kappa shape index (κ3) is 4.07. The Morgan fingerprint density at radius 2 is 1.61 bits per heavy atom. The molecule has 0 amide bonds. The molecule has 18 heavy (non-hydrogen) atoms. The van der Waals surface area contributed by atoms with E-state index in [4.69, 9.17) is 0 Å². The highest BCUT2D eigenvalue weighted by molar-refractivity contribution is 5.11. The molecule has 0 aliphatic carbocycles. The molecule has 0 N–H and O–H groups in total. The van der Waals surface area contributed by atoms with Crippen LogP contribution in [0.2, 0.25) is 0 Å². The Bertz CT molecular complexity index is 289. The lowest BCUT2D eigenvalue weighted by molar-refractivity contribution is -0.104. The average Bonchev–Trinajstić information content (AvgIpc) is 2.13. The molecule has 0 aliphatic heterocycles. The first-order valence-corrected chi connectivity index (χ1v) is 6.92. The lowest BCUT2D eigenvalue weighted by Gasteiger charge is -2.43. The summed E-state index contributed by atoms with van der Waals surface area (Å²) >= 11 is 0. The zero-order valence-corrected chi connectivity index (χ0v) is 13.2. The van der Waals surface area contributed by atoms with E-state index in [0.29, 0.717) is 18.8 Å². The molecule has 0 aliphatic rings. The quantitative estimate of drug-likeness (QED) is 0.487. The summed E-state index contributed by atoms with van der Waals surface area (Å²) in [5, 5.41) is 0. The van der Waals surface area contributed by atoms with Crippen molar-refractivity contribution in [2.24, 2.45) is 16.7 Å². The molecule has 0 nitrogen and oxygen atoms in total. The van der Waals surface area contributed by atoms with Gasteiger partial charge in [0.25, 0.3) is 5.92 Å². The standard InChI is InChI=1S/C16H30F2/c1-9-15(8,16(17,18)13(4)5)11-14(6,7)10-12(2)3/h12H,4,9-11H2,1-3,5-8H3. The van der Waals surface area contributed by atoms with Crippen molar-refractivity contribution in [2.75, 3.05) is 0 Å². The summed E-state index contributed by atoms with van der Waals surface area (Å²) in [5.41, 5.74) is -1.10. The zero-order valence-electron chi connectivity index (χ0n) is 13.2. The van der Waals surface area contributed by atoms with E-state index in [1.807, 2.05) is 6.92 Å². The van der Waals surface area contributed by atoms with Gasteiger partial charge in [-0.1, -0.05) is 48.1 Å². The molecule has 0 rings (SSSR count). The number of allylic oxidation sites excluding steroid dienone is 1. The zero-order chi connectivity index (χ0) is 14.8. The molecule has 0 radical (unpaired) electrons. The maximum absolute atomic E-state index is 14.4. The summed E-state index contributed by atoms with van der Waals surface area (Å²) in [6, 6.07) is 0. The molecule has 0 spiro atoms. The number of rotatable bonds is 7. The van der Waals surface area contributed by atoms with Crippen LogP contribution in [0.4, 0.5) is 8.78 Å². The summed E-state index contributed by atoms with van der Waals surface area (Å²) in [4.78, 5) is 0. The molecule has 1 unspecified atom stereocenters. The van der Waals surface area contributed by atoms with Crippen LogP contribution in [0.1, 0.15) is 67.7 Å². The SMILES string of the molecule is C=C(C)C(F)(F)C(C)(CC)CC(C)(C)CC(C)C. The average molecular weight is 260 g/mol. The van der Waals surface area contributed by atoms with Crippen molar-refractivity contribution in [3.8, 4) is 0 Å².